The largest absolute Gasteiger partial charge is 0.366 e. The molecule has 2 aromatic carbocycles. The second kappa shape index (κ2) is 8.52. The summed E-state index contributed by atoms with van der Waals surface area (Å²) in [5, 5.41) is 10.9. The van der Waals surface area contributed by atoms with Gasteiger partial charge in [-0.3, -0.25) is 9.59 Å². The number of thiophene rings is 1. The van der Waals surface area contributed by atoms with Crippen LogP contribution in [0.3, 0.4) is 0 Å². The Hall–Kier alpha value is -2.96. The van der Waals surface area contributed by atoms with E-state index in [-0.39, 0.29) is 17.4 Å². The van der Waals surface area contributed by atoms with E-state index in [4.69, 9.17) is 5.73 Å². The summed E-state index contributed by atoms with van der Waals surface area (Å²) in [7, 11) is 0. The fraction of sp³-hybridized carbons (Fsp3) is 0.308. The molecule has 2 aliphatic rings. The Kier molecular flexibility index (Phi) is 5.57. The fourth-order valence-corrected chi connectivity index (χ4v) is 6.09. The highest BCUT2D eigenvalue weighted by molar-refractivity contribution is 7.08. The number of piperidine rings is 1. The molecule has 5 rings (SSSR count). The molecule has 0 saturated carbocycles. The van der Waals surface area contributed by atoms with Gasteiger partial charge in [0.05, 0.1) is 12.5 Å². The van der Waals surface area contributed by atoms with Gasteiger partial charge in [0, 0.05) is 11.0 Å². The lowest BCUT2D eigenvalue weighted by molar-refractivity contribution is -0.121. The lowest BCUT2D eigenvalue weighted by Crippen LogP contribution is -2.39. The molecule has 2 amide bonds. The normalized spacial score (nSPS) is 18.9. The standard InChI is InChI=1S/C26H27N3O2S/c27-25(31)19-6-4-18(5-7-19)20-2-1-3-21-22(29-23(30)14-17-8-13-32-16-17)15-26(24(20)21)9-11-28-12-10-26/h1-8,13,16,22,28H,9-12,14-15H2,(H2,27,31)(H,29,30). The summed E-state index contributed by atoms with van der Waals surface area (Å²) < 4.78 is 0. The Morgan fingerprint density at radius 1 is 1.09 bits per heavy atom. The fourth-order valence-electron chi connectivity index (χ4n) is 5.42. The van der Waals surface area contributed by atoms with Gasteiger partial charge in [-0.1, -0.05) is 30.3 Å². The third kappa shape index (κ3) is 3.85. The first kappa shape index (κ1) is 20.9. The average Bonchev–Trinajstić information content (AvgIpc) is 3.41. The quantitative estimate of drug-likeness (QED) is 0.556. The van der Waals surface area contributed by atoms with Gasteiger partial charge in [0.25, 0.3) is 0 Å². The van der Waals surface area contributed by atoms with E-state index in [2.05, 4.69) is 28.8 Å². The summed E-state index contributed by atoms with van der Waals surface area (Å²) in [6.45, 7) is 1.95. The molecular weight excluding hydrogens is 418 g/mol. The van der Waals surface area contributed by atoms with Crippen molar-refractivity contribution >= 4 is 23.2 Å². The van der Waals surface area contributed by atoms with Crippen molar-refractivity contribution in [3.05, 3.63) is 81.5 Å². The van der Waals surface area contributed by atoms with Gasteiger partial charge in [-0.25, -0.2) is 0 Å². The second-order valence-electron chi connectivity index (χ2n) is 8.87. The van der Waals surface area contributed by atoms with Crippen molar-refractivity contribution in [1.29, 1.82) is 0 Å². The Morgan fingerprint density at radius 3 is 2.56 bits per heavy atom. The number of amides is 2. The average molecular weight is 446 g/mol. The van der Waals surface area contributed by atoms with Crippen LogP contribution in [0.5, 0.6) is 0 Å². The van der Waals surface area contributed by atoms with E-state index < -0.39 is 5.91 Å². The van der Waals surface area contributed by atoms with E-state index in [1.165, 1.54) is 16.7 Å². The van der Waals surface area contributed by atoms with Gasteiger partial charge in [0.15, 0.2) is 0 Å². The highest BCUT2D eigenvalue weighted by atomic mass is 32.1. The third-order valence-corrected chi connectivity index (χ3v) is 7.65. The summed E-state index contributed by atoms with van der Waals surface area (Å²) in [6, 6.07) is 16.0. The van der Waals surface area contributed by atoms with Gasteiger partial charge in [0.2, 0.25) is 11.8 Å². The predicted molar refractivity (Wildman–Crippen MR) is 128 cm³/mol. The van der Waals surface area contributed by atoms with Crippen LogP contribution in [0.15, 0.2) is 59.3 Å². The van der Waals surface area contributed by atoms with E-state index >= 15 is 0 Å². The number of hydrogen-bond donors (Lipinski definition) is 3. The van der Waals surface area contributed by atoms with E-state index in [1.807, 2.05) is 29.0 Å². The molecule has 1 aromatic heterocycles. The molecule has 1 saturated heterocycles. The number of primary amides is 1. The zero-order valence-corrected chi connectivity index (χ0v) is 18.7. The van der Waals surface area contributed by atoms with Crippen LogP contribution in [-0.4, -0.2) is 24.9 Å². The lowest BCUT2D eigenvalue weighted by atomic mass is 9.72. The van der Waals surface area contributed by atoms with Crippen LogP contribution < -0.4 is 16.4 Å². The van der Waals surface area contributed by atoms with Crippen molar-refractivity contribution in [2.24, 2.45) is 5.73 Å². The first-order valence-corrected chi connectivity index (χ1v) is 12.0. The second-order valence-corrected chi connectivity index (χ2v) is 9.65. The number of hydrogen-bond acceptors (Lipinski definition) is 4. The number of carbonyl (C=O) groups is 2. The number of benzene rings is 2. The maximum atomic E-state index is 12.8. The van der Waals surface area contributed by atoms with Crippen molar-refractivity contribution < 1.29 is 9.59 Å². The van der Waals surface area contributed by atoms with E-state index in [0.29, 0.717) is 12.0 Å². The third-order valence-electron chi connectivity index (χ3n) is 6.92. The molecule has 2 heterocycles. The zero-order chi connectivity index (χ0) is 22.1. The highest BCUT2D eigenvalue weighted by Crippen LogP contribution is 2.53. The van der Waals surface area contributed by atoms with E-state index in [1.54, 1.807) is 23.5 Å². The van der Waals surface area contributed by atoms with Crippen LogP contribution in [0.1, 0.15) is 52.4 Å². The number of rotatable bonds is 5. The van der Waals surface area contributed by atoms with Gasteiger partial charge in [-0.15, -0.1) is 0 Å². The molecular formula is C26H27N3O2S. The molecule has 1 atom stereocenters. The summed E-state index contributed by atoms with van der Waals surface area (Å²) in [4.78, 5) is 24.4. The molecule has 0 radical (unpaired) electrons. The van der Waals surface area contributed by atoms with Crippen molar-refractivity contribution in [1.82, 2.24) is 10.6 Å². The Morgan fingerprint density at radius 2 is 1.88 bits per heavy atom. The molecule has 1 aliphatic carbocycles. The number of carbonyl (C=O) groups excluding carboxylic acids is 2. The molecule has 1 spiro atoms. The van der Waals surface area contributed by atoms with Crippen molar-refractivity contribution in [3.63, 3.8) is 0 Å². The van der Waals surface area contributed by atoms with Crippen molar-refractivity contribution in [2.75, 3.05) is 13.1 Å². The van der Waals surface area contributed by atoms with Gasteiger partial charge in [0.1, 0.15) is 0 Å². The first-order chi connectivity index (χ1) is 15.6. The topological polar surface area (TPSA) is 84.2 Å². The Labute approximate surface area is 192 Å². The minimum Gasteiger partial charge on any atom is -0.366 e. The lowest BCUT2D eigenvalue weighted by Gasteiger charge is -2.36. The first-order valence-electron chi connectivity index (χ1n) is 11.1. The van der Waals surface area contributed by atoms with Gasteiger partial charge >= 0.3 is 0 Å². The van der Waals surface area contributed by atoms with E-state index in [0.717, 1.165) is 43.5 Å². The molecule has 3 aromatic rings. The van der Waals surface area contributed by atoms with E-state index in [9.17, 15) is 9.59 Å². The maximum Gasteiger partial charge on any atom is 0.248 e. The van der Waals surface area contributed by atoms with Gasteiger partial charge in [-0.2, -0.15) is 11.3 Å². The number of fused-ring (bicyclic) bond motifs is 2. The van der Waals surface area contributed by atoms with Crippen molar-refractivity contribution in [2.45, 2.75) is 37.1 Å². The molecule has 32 heavy (non-hydrogen) atoms. The number of nitrogens with two attached hydrogens (primary N) is 1. The summed E-state index contributed by atoms with van der Waals surface area (Å²) in [5.41, 5.74) is 11.9. The molecule has 6 heteroatoms. The molecule has 0 bridgehead atoms. The molecule has 1 unspecified atom stereocenters. The van der Waals surface area contributed by atoms with Crippen LogP contribution in [0, 0.1) is 0 Å². The highest BCUT2D eigenvalue weighted by Gasteiger charge is 2.46. The molecule has 1 aliphatic heterocycles. The predicted octanol–water partition coefficient (Wildman–Crippen LogP) is 3.94. The van der Waals surface area contributed by atoms with Crippen LogP contribution in [0.4, 0.5) is 0 Å². The van der Waals surface area contributed by atoms with Gasteiger partial charge < -0.3 is 16.4 Å². The van der Waals surface area contributed by atoms with Gasteiger partial charge in [-0.05, 0) is 89.1 Å². The summed E-state index contributed by atoms with van der Waals surface area (Å²) >= 11 is 1.62. The maximum absolute atomic E-state index is 12.8. The van der Waals surface area contributed by atoms with Crippen LogP contribution >= 0.6 is 11.3 Å². The van der Waals surface area contributed by atoms with Crippen LogP contribution in [0.2, 0.25) is 0 Å². The van der Waals surface area contributed by atoms with Crippen molar-refractivity contribution in [3.8, 4) is 11.1 Å². The molecule has 164 valence electrons. The Bertz CT molecular complexity index is 1130. The SMILES string of the molecule is NC(=O)c1ccc(-c2cccc3c2C2(CCNCC2)CC3NC(=O)Cc2ccsc2)cc1. The monoisotopic (exact) mass is 445 g/mol. The smallest absolute Gasteiger partial charge is 0.248 e. The summed E-state index contributed by atoms with van der Waals surface area (Å²) in [5.74, 6) is -0.348. The molecule has 1 fully saturated rings. The number of nitrogens with one attached hydrogen (secondary N) is 2. The van der Waals surface area contributed by atoms with Crippen LogP contribution in [0.25, 0.3) is 11.1 Å². The molecule has 5 nitrogen and oxygen atoms in total. The zero-order valence-electron chi connectivity index (χ0n) is 17.9. The minimum absolute atomic E-state index is 0.0130. The Balaban J connectivity index is 1.51. The molecule has 4 N–H and O–H groups in total. The minimum atomic E-state index is -0.418. The van der Waals surface area contributed by atoms with Crippen LogP contribution in [-0.2, 0) is 16.6 Å². The summed E-state index contributed by atoms with van der Waals surface area (Å²) in [6.07, 6.45) is 3.44.